The first-order valence-electron chi connectivity index (χ1n) is 6.47. The van der Waals surface area contributed by atoms with Crippen molar-refractivity contribution in [3.63, 3.8) is 0 Å². The van der Waals surface area contributed by atoms with Crippen LogP contribution in [0, 0.1) is 13.8 Å². The quantitative estimate of drug-likeness (QED) is 0.577. The van der Waals surface area contributed by atoms with Crippen LogP contribution in [0.4, 0.5) is 0 Å². The molecule has 6 nitrogen and oxygen atoms in total. The van der Waals surface area contributed by atoms with Gasteiger partial charge in [0.25, 0.3) is 0 Å². The molecule has 0 unspecified atom stereocenters. The SMILES string of the molecule is Cc1cc(C)n(-c2nc3nc4ccc(Br)cc4nc3[nH]2)n1. The zero-order chi connectivity index (χ0) is 14.6. The Hall–Kier alpha value is -2.28. The molecule has 0 saturated carbocycles. The first kappa shape index (κ1) is 12.5. The summed E-state index contributed by atoms with van der Waals surface area (Å²) in [7, 11) is 0. The van der Waals surface area contributed by atoms with Crippen molar-refractivity contribution >= 4 is 38.3 Å². The molecule has 0 fully saturated rings. The lowest BCUT2D eigenvalue weighted by Crippen LogP contribution is -2.00. The molecule has 3 aromatic heterocycles. The van der Waals surface area contributed by atoms with Crippen molar-refractivity contribution in [2.75, 3.05) is 0 Å². The van der Waals surface area contributed by atoms with Crippen LogP contribution in [-0.2, 0) is 0 Å². The monoisotopic (exact) mass is 342 g/mol. The second-order valence-electron chi connectivity index (χ2n) is 4.93. The minimum atomic E-state index is 0.590. The fourth-order valence-corrected chi connectivity index (χ4v) is 2.71. The van der Waals surface area contributed by atoms with Crippen LogP contribution < -0.4 is 0 Å². The highest BCUT2D eigenvalue weighted by Gasteiger charge is 2.11. The number of fused-ring (bicyclic) bond motifs is 2. The summed E-state index contributed by atoms with van der Waals surface area (Å²) in [5, 5.41) is 4.42. The van der Waals surface area contributed by atoms with E-state index in [0.717, 1.165) is 26.9 Å². The number of imidazole rings is 1. The highest BCUT2D eigenvalue weighted by molar-refractivity contribution is 9.10. The molecule has 21 heavy (non-hydrogen) atoms. The molecule has 4 rings (SSSR count). The molecule has 4 aromatic rings. The van der Waals surface area contributed by atoms with Gasteiger partial charge in [-0.05, 0) is 38.1 Å². The smallest absolute Gasteiger partial charge is 0.232 e. The Morgan fingerprint density at radius 2 is 1.90 bits per heavy atom. The second-order valence-corrected chi connectivity index (χ2v) is 5.84. The maximum Gasteiger partial charge on any atom is 0.232 e. The molecule has 0 atom stereocenters. The predicted molar refractivity (Wildman–Crippen MR) is 83.5 cm³/mol. The predicted octanol–water partition coefficient (Wildman–Crippen LogP) is 3.07. The molecule has 0 radical (unpaired) electrons. The summed E-state index contributed by atoms with van der Waals surface area (Å²) in [6, 6.07) is 7.80. The van der Waals surface area contributed by atoms with Crippen molar-refractivity contribution in [3.05, 3.63) is 40.1 Å². The third-order valence-electron chi connectivity index (χ3n) is 3.26. The Bertz CT molecular complexity index is 984. The lowest BCUT2D eigenvalue weighted by atomic mass is 10.3. The highest BCUT2D eigenvalue weighted by atomic mass is 79.9. The van der Waals surface area contributed by atoms with E-state index in [9.17, 15) is 0 Å². The van der Waals surface area contributed by atoms with Crippen LogP contribution >= 0.6 is 15.9 Å². The van der Waals surface area contributed by atoms with Crippen LogP contribution in [0.1, 0.15) is 11.4 Å². The van der Waals surface area contributed by atoms with Crippen LogP contribution in [0.2, 0.25) is 0 Å². The number of benzene rings is 1. The number of nitrogens with zero attached hydrogens (tertiary/aromatic N) is 5. The molecule has 1 N–H and O–H groups in total. The van der Waals surface area contributed by atoms with E-state index in [-0.39, 0.29) is 0 Å². The number of hydrogen-bond acceptors (Lipinski definition) is 4. The van der Waals surface area contributed by atoms with Crippen LogP contribution in [0.3, 0.4) is 0 Å². The third kappa shape index (κ3) is 2.01. The standard InChI is InChI=1S/C14H11BrN6/c1-7-5-8(2)21(20-7)14-18-12-13(19-14)17-11-6-9(15)3-4-10(11)16-12/h3-6H,1-2H3,(H,16,17,18,19). The average molecular weight is 343 g/mol. The Morgan fingerprint density at radius 1 is 1.05 bits per heavy atom. The minimum absolute atomic E-state index is 0.590. The normalized spacial score (nSPS) is 11.6. The molecular weight excluding hydrogens is 332 g/mol. The van der Waals surface area contributed by atoms with E-state index in [4.69, 9.17) is 0 Å². The Kier molecular flexibility index (Phi) is 2.58. The molecular formula is C14H11BrN6. The van der Waals surface area contributed by atoms with Gasteiger partial charge in [-0.3, -0.25) is 0 Å². The number of H-pyrrole nitrogens is 1. The molecule has 0 aliphatic heterocycles. The Labute approximate surface area is 128 Å². The summed E-state index contributed by atoms with van der Waals surface area (Å²) in [5.41, 5.74) is 4.84. The van der Waals surface area contributed by atoms with E-state index in [2.05, 4.69) is 41.0 Å². The maximum atomic E-state index is 4.57. The Morgan fingerprint density at radius 3 is 2.67 bits per heavy atom. The first-order chi connectivity index (χ1) is 10.1. The lowest BCUT2D eigenvalue weighted by Gasteiger charge is -1.97. The molecule has 0 amide bonds. The fraction of sp³-hybridized carbons (Fsp3) is 0.143. The van der Waals surface area contributed by atoms with Gasteiger partial charge < -0.3 is 4.98 Å². The van der Waals surface area contributed by atoms with Crippen LogP contribution in [0.5, 0.6) is 0 Å². The molecule has 7 heteroatoms. The number of nitrogens with one attached hydrogen (secondary N) is 1. The van der Waals surface area contributed by atoms with Gasteiger partial charge >= 0.3 is 0 Å². The average Bonchev–Trinajstić information content (AvgIpc) is 2.98. The van der Waals surface area contributed by atoms with Gasteiger partial charge in [0.1, 0.15) is 0 Å². The van der Waals surface area contributed by atoms with E-state index in [1.165, 1.54) is 0 Å². The number of aryl methyl sites for hydroxylation is 2. The van der Waals surface area contributed by atoms with Gasteiger partial charge in [0.15, 0.2) is 11.3 Å². The Balaban J connectivity index is 1.97. The van der Waals surface area contributed by atoms with Crippen molar-refractivity contribution in [3.8, 4) is 5.95 Å². The summed E-state index contributed by atoms with van der Waals surface area (Å²) in [6.45, 7) is 3.94. The summed E-state index contributed by atoms with van der Waals surface area (Å²) in [6.07, 6.45) is 0. The zero-order valence-corrected chi connectivity index (χ0v) is 13.0. The van der Waals surface area contributed by atoms with Crippen molar-refractivity contribution in [1.29, 1.82) is 0 Å². The zero-order valence-electron chi connectivity index (χ0n) is 11.4. The van der Waals surface area contributed by atoms with Crippen molar-refractivity contribution in [2.45, 2.75) is 13.8 Å². The van der Waals surface area contributed by atoms with Gasteiger partial charge in [-0.1, -0.05) is 15.9 Å². The first-order valence-corrected chi connectivity index (χ1v) is 7.26. The van der Waals surface area contributed by atoms with Crippen LogP contribution in [0.15, 0.2) is 28.7 Å². The largest absolute Gasteiger partial charge is 0.305 e. The van der Waals surface area contributed by atoms with Gasteiger partial charge in [-0.25, -0.2) is 14.6 Å². The van der Waals surface area contributed by atoms with E-state index >= 15 is 0 Å². The summed E-state index contributed by atoms with van der Waals surface area (Å²) < 4.78 is 2.74. The van der Waals surface area contributed by atoms with Gasteiger partial charge in [0.2, 0.25) is 5.95 Å². The van der Waals surface area contributed by atoms with Crippen LogP contribution in [0.25, 0.3) is 28.3 Å². The van der Waals surface area contributed by atoms with E-state index < -0.39 is 0 Å². The molecule has 0 aliphatic carbocycles. The van der Waals surface area contributed by atoms with Crippen molar-refractivity contribution < 1.29 is 0 Å². The summed E-state index contributed by atoms with van der Waals surface area (Å²) in [5.74, 6) is 0.630. The number of aromatic amines is 1. The van der Waals surface area contributed by atoms with E-state index in [1.807, 2.05) is 38.1 Å². The van der Waals surface area contributed by atoms with Gasteiger partial charge in [-0.2, -0.15) is 10.1 Å². The van der Waals surface area contributed by atoms with E-state index in [0.29, 0.717) is 17.2 Å². The van der Waals surface area contributed by atoms with Crippen molar-refractivity contribution in [2.24, 2.45) is 0 Å². The van der Waals surface area contributed by atoms with Crippen molar-refractivity contribution in [1.82, 2.24) is 29.7 Å². The molecule has 104 valence electrons. The summed E-state index contributed by atoms with van der Waals surface area (Å²) in [4.78, 5) is 16.8. The number of aromatic nitrogens is 6. The molecule has 0 bridgehead atoms. The van der Waals surface area contributed by atoms with Crippen LogP contribution in [-0.4, -0.2) is 29.7 Å². The molecule has 0 spiro atoms. The minimum Gasteiger partial charge on any atom is -0.305 e. The fourth-order valence-electron chi connectivity index (χ4n) is 2.36. The molecule has 3 heterocycles. The summed E-state index contributed by atoms with van der Waals surface area (Å²) >= 11 is 3.44. The topological polar surface area (TPSA) is 72.3 Å². The van der Waals surface area contributed by atoms with Gasteiger partial charge in [0.05, 0.1) is 16.7 Å². The number of rotatable bonds is 1. The molecule has 0 saturated heterocycles. The van der Waals surface area contributed by atoms with E-state index in [1.54, 1.807) is 4.68 Å². The lowest BCUT2D eigenvalue weighted by molar-refractivity contribution is 0.789. The highest BCUT2D eigenvalue weighted by Crippen LogP contribution is 2.20. The third-order valence-corrected chi connectivity index (χ3v) is 3.75. The maximum absolute atomic E-state index is 4.57. The molecule has 1 aromatic carbocycles. The molecule has 0 aliphatic rings. The van der Waals surface area contributed by atoms with Gasteiger partial charge in [0, 0.05) is 10.2 Å². The number of halogens is 1. The van der Waals surface area contributed by atoms with Gasteiger partial charge in [-0.15, -0.1) is 0 Å². The second kappa shape index (κ2) is 4.36. The number of hydrogen-bond donors (Lipinski definition) is 1.